The van der Waals surface area contributed by atoms with E-state index < -0.39 is 5.91 Å². The fraction of sp³-hybridized carbons (Fsp3) is 0.500. The van der Waals surface area contributed by atoms with E-state index in [1.807, 2.05) is 27.7 Å². The molecule has 1 rings (SSSR count). The second-order valence-corrected chi connectivity index (χ2v) is 4.57. The lowest BCUT2D eigenvalue weighted by Gasteiger charge is -2.21. The zero-order valence-corrected chi connectivity index (χ0v) is 12.3. The van der Waals surface area contributed by atoms with Crippen molar-refractivity contribution in [1.82, 2.24) is 9.88 Å². The molecule has 0 radical (unpaired) electrons. The van der Waals surface area contributed by atoms with E-state index in [0.29, 0.717) is 24.4 Å². The van der Waals surface area contributed by atoms with Gasteiger partial charge in [-0.3, -0.25) is 9.59 Å². The molecular formula is C14H21N3O3. The van der Waals surface area contributed by atoms with Crippen molar-refractivity contribution in [3.63, 3.8) is 0 Å². The summed E-state index contributed by atoms with van der Waals surface area (Å²) in [5, 5.41) is 0. The molecule has 0 aliphatic rings. The highest BCUT2D eigenvalue weighted by atomic mass is 16.5. The van der Waals surface area contributed by atoms with Gasteiger partial charge in [0, 0.05) is 13.1 Å². The monoisotopic (exact) mass is 279 g/mol. The minimum atomic E-state index is -0.672. The van der Waals surface area contributed by atoms with Gasteiger partial charge in [-0.1, -0.05) is 0 Å². The molecule has 6 heteroatoms. The Hall–Kier alpha value is -2.11. The van der Waals surface area contributed by atoms with Crippen LogP contribution >= 0.6 is 0 Å². The largest absolute Gasteiger partial charge is 0.489 e. The zero-order valence-electron chi connectivity index (χ0n) is 12.3. The van der Waals surface area contributed by atoms with Gasteiger partial charge in [-0.25, -0.2) is 4.98 Å². The lowest BCUT2D eigenvalue weighted by atomic mass is 10.1. The van der Waals surface area contributed by atoms with E-state index in [2.05, 4.69) is 4.98 Å². The number of primary amides is 1. The Morgan fingerprint density at radius 2 is 1.95 bits per heavy atom. The third-order valence-electron chi connectivity index (χ3n) is 2.76. The molecule has 2 amide bonds. The van der Waals surface area contributed by atoms with Gasteiger partial charge in [0.05, 0.1) is 17.9 Å². The van der Waals surface area contributed by atoms with Crippen LogP contribution in [0.4, 0.5) is 0 Å². The van der Waals surface area contributed by atoms with Crippen LogP contribution in [-0.2, 0) is 0 Å². The normalized spacial score (nSPS) is 10.4. The first kappa shape index (κ1) is 15.9. The number of hydrogen-bond acceptors (Lipinski definition) is 4. The average molecular weight is 279 g/mol. The van der Waals surface area contributed by atoms with Gasteiger partial charge in [-0.15, -0.1) is 0 Å². The van der Waals surface area contributed by atoms with Crippen LogP contribution < -0.4 is 10.5 Å². The van der Waals surface area contributed by atoms with E-state index in [1.165, 1.54) is 12.3 Å². The lowest BCUT2D eigenvalue weighted by molar-refractivity contribution is 0.0766. The second kappa shape index (κ2) is 6.88. The first-order chi connectivity index (χ1) is 9.40. The average Bonchev–Trinajstić information content (AvgIpc) is 2.39. The number of nitrogens with zero attached hydrogens (tertiary/aromatic N) is 2. The number of rotatable bonds is 6. The number of nitrogens with two attached hydrogens (primary N) is 1. The Balaban J connectivity index is 3.26. The fourth-order valence-corrected chi connectivity index (χ4v) is 1.77. The molecule has 1 aromatic heterocycles. The van der Waals surface area contributed by atoms with Crippen LogP contribution in [0.25, 0.3) is 0 Å². The Labute approximate surface area is 118 Å². The van der Waals surface area contributed by atoms with Crippen LogP contribution in [0.1, 0.15) is 48.5 Å². The van der Waals surface area contributed by atoms with Crippen molar-refractivity contribution in [2.45, 2.75) is 33.8 Å². The first-order valence-electron chi connectivity index (χ1n) is 6.66. The fourth-order valence-electron chi connectivity index (χ4n) is 1.77. The van der Waals surface area contributed by atoms with Crippen molar-refractivity contribution in [3.05, 3.63) is 23.5 Å². The number of carbonyl (C=O) groups excluding carboxylic acids is 2. The Bertz CT molecular complexity index is 496. The van der Waals surface area contributed by atoms with E-state index in [4.69, 9.17) is 10.5 Å². The van der Waals surface area contributed by atoms with Gasteiger partial charge in [0.15, 0.2) is 5.75 Å². The van der Waals surface area contributed by atoms with Crippen LogP contribution in [0.2, 0.25) is 0 Å². The highest BCUT2D eigenvalue weighted by molar-refractivity contribution is 6.00. The number of hydrogen-bond donors (Lipinski definition) is 1. The maximum Gasteiger partial charge on any atom is 0.267 e. The molecule has 0 saturated carbocycles. The molecule has 0 aromatic carbocycles. The molecule has 0 atom stereocenters. The van der Waals surface area contributed by atoms with Crippen molar-refractivity contribution >= 4 is 11.8 Å². The summed E-state index contributed by atoms with van der Waals surface area (Å²) < 4.78 is 5.58. The number of ether oxygens (including phenoxy) is 1. The van der Waals surface area contributed by atoms with E-state index in [1.54, 1.807) is 4.90 Å². The third-order valence-corrected chi connectivity index (χ3v) is 2.76. The van der Waals surface area contributed by atoms with Gasteiger partial charge < -0.3 is 15.4 Å². The van der Waals surface area contributed by atoms with Crippen molar-refractivity contribution < 1.29 is 14.3 Å². The molecule has 110 valence electrons. The maximum absolute atomic E-state index is 12.5. The summed E-state index contributed by atoms with van der Waals surface area (Å²) in [6.45, 7) is 8.64. The molecule has 0 spiro atoms. The summed E-state index contributed by atoms with van der Waals surface area (Å²) in [4.78, 5) is 29.2. The number of carbonyl (C=O) groups is 2. The summed E-state index contributed by atoms with van der Waals surface area (Å²) in [5.41, 5.74) is 5.57. The first-order valence-corrected chi connectivity index (χ1v) is 6.66. The topological polar surface area (TPSA) is 85.5 Å². The standard InChI is InChI=1S/C14H21N3O3/c1-5-17(6-2)14(19)10-7-11(13(15)18)16-8-12(10)20-9(3)4/h7-9H,5-6H2,1-4H3,(H2,15,18). The van der Waals surface area contributed by atoms with E-state index in [9.17, 15) is 9.59 Å². The molecule has 0 fully saturated rings. The highest BCUT2D eigenvalue weighted by Crippen LogP contribution is 2.21. The van der Waals surface area contributed by atoms with Gasteiger partial charge >= 0.3 is 0 Å². The number of aromatic nitrogens is 1. The quantitative estimate of drug-likeness (QED) is 0.854. The molecule has 0 aliphatic heterocycles. The SMILES string of the molecule is CCN(CC)C(=O)c1cc(C(N)=O)ncc1OC(C)C. The maximum atomic E-state index is 12.5. The van der Waals surface area contributed by atoms with Crippen LogP contribution in [-0.4, -0.2) is 40.9 Å². The minimum Gasteiger partial charge on any atom is -0.489 e. The Morgan fingerprint density at radius 1 is 1.35 bits per heavy atom. The lowest BCUT2D eigenvalue weighted by Crippen LogP contribution is -2.31. The predicted molar refractivity (Wildman–Crippen MR) is 75.8 cm³/mol. The molecule has 20 heavy (non-hydrogen) atoms. The van der Waals surface area contributed by atoms with Gasteiger partial charge in [0.2, 0.25) is 0 Å². The van der Waals surface area contributed by atoms with Gasteiger partial charge in [0.25, 0.3) is 11.8 Å². The molecule has 2 N–H and O–H groups in total. The molecule has 0 unspecified atom stereocenters. The van der Waals surface area contributed by atoms with E-state index >= 15 is 0 Å². The number of pyridine rings is 1. The van der Waals surface area contributed by atoms with Crippen LogP contribution in [0, 0.1) is 0 Å². The van der Waals surface area contributed by atoms with Gasteiger partial charge in [-0.2, -0.15) is 0 Å². The third kappa shape index (κ3) is 3.69. The molecule has 0 bridgehead atoms. The van der Waals surface area contributed by atoms with E-state index in [0.717, 1.165) is 0 Å². The van der Waals surface area contributed by atoms with E-state index in [-0.39, 0.29) is 17.7 Å². The molecule has 1 heterocycles. The van der Waals surface area contributed by atoms with Crippen molar-refractivity contribution in [2.24, 2.45) is 5.73 Å². The second-order valence-electron chi connectivity index (χ2n) is 4.57. The molecule has 6 nitrogen and oxygen atoms in total. The molecule has 0 aliphatic carbocycles. The summed E-state index contributed by atoms with van der Waals surface area (Å²) in [5.74, 6) is -0.507. The van der Waals surface area contributed by atoms with Crippen LogP contribution in [0.5, 0.6) is 5.75 Å². The Kier molecular flexibility index (Phi) is 5.49. The zero-order chi connectivity index (χ0) is 15.3. The smallest absolute Gasteiger partial charge is 0.267 e. The van der Waals surface area contributed by atoms with Gasteiger partial charge in [-0.05, 0) is 33.8 Å². The number of amides is 2. The van der Waals surface area contributed by atoms with Crippen molar-refractivity contribution in [2.75, 3.05) is 13.1 Å². The molecule has 0 saturated heterocycles. The van der Waals surface area contributed by atoms with Crippen molar-refractivity contribution in [1.29, 1.82) is 0 Å². The summed E-state index contributed by atoms with van der Waals surface area (Å²) in [7, 11) is 0. The highest BCUT2D eigenvalue weighted by Gasteiger charge is 2.20. The Morgan fingerprint density at radius 3 is 2.40 bits per heavy atom. The summed E-state index contributed by atoms with van der Waals surface area (Å²) in [6, 6.07) is 1.39. The molecule has 1 aromatic rings. The molecular weight excluding hydrogens is 258 g/mol. The van der Waals surface area contributed by atoms with Crippen molar-refractivity contribution in [3.8, 4) is 5.75 Å². The summed E-state index contributed by atoms with van der Waals surface area (Å²) >= 11 is 0. The minimum absolute atomic E-state index is 0.0524. The van der Waals surface area contributed by atoms with Crippen LogP contribution in [0.15, 0.2) is 12.3 Å². The van der Waals surface area contributed by atoms with Gasteiger partial charge in [0.1, 0.15) is 5.69 Å². The predicted octanol–water partition coefficient (Wildman–Crippen LogP) is 1.45. The van der Waals surface area contributed by atoms with Crippen LogP contribution in [0.3, 0.4) is 0 Å². The summed E-state index contributed by atoms with van der Waals surface area (Å²) in [6.07, 6.45) is 1.27.